The fourth-order valence-corrected chi connectivity index (χ4v) is 5.04. The molecule has 0 saturated carbocycles. The molecule has 0 aliphatic rings. The molecule has 0 aliphatic heterocycles. The van der Waals surface area contributed by atoms with Gasteiger partial charge in [0.15, 0.2) is 0 Å². The Morgan fingerprint density at radius 2 is 1.71 bits per heavy atom. The first-order chi connectivity index (χ1) is 16.3. The van der Waals surface area contributed by atoms with Gasteiger partial charge in [0.05, 0.1) is 24.8 Å². The van der Waals surface area contributed by atoms with Gasteiger partial charge in [-0.2, -0.15) is 0 Å². The molecule has 3 aromatic carbocycles. The topological polar surface area (TPSA) is 84.9 Å². The van der Waals surface area contributed by atoms with Crippen LogP contribution in [0.4, 0.5) is 5.69 Å². The number of ether oxygens (including phenoxy) is 2. The predicted octanol–water partition coefficient (Wildman–Crippen LogP) is 3.96. The molecule has 3 rings (SSSR count). The maximum absolute atomic E-state index is 13.5. The molecule has 8 heteroatoms. The first-order valence-corrected chi connectivity index (χ1v) is 12.4. The number of amides is 1. The minimum atomic E-state index is -4.03. The Balaban J connectivity index is 1.78. The smallest absolute Gasteiger partial charge is 0.264 e. The van der Waals surface area contributed by atoms with Gasteiger partial charge in [-0.15, -0.1) is 0 Å². The van der Waals surface area contributed by atoms with E-state index in [9.17, 15) is 13.2 Å². The number of nitrogens with zero attached hydrogens (tertiary/aromatic N) is 1. The van der Waals surface area contributed by atoms with Gasteiger partial charge in [-0.3, -0.25) is 9.10 Å². The van der Waals surface area contributed by atoms with E-state index in [1.807, 2.05) is 19.1 Å². The highest BCUT2D eigenvalue weighted by molar-refractivity contribution is 7.92. The van der Waals surface area contributed by atoms with Gasteiger partial charge in [0, 0.05) is 12.6 Å². The highest BCUT2D eigenvalue weighted by atomic mass is 32.2. The number of aryl methyl sites for hydroxylation is 2. The van der Waals surface area contributed by atoms with Gasteiger partial charge < -0.3 is 14.8 Å². The van der Waals surface area contributed by atoms with E-state index in [1.165, 1.54) is 37.5 Å². The zero-order valence-corrected chi connectivity index (χ0v) is 20.5. The van der Waals surface area contributed by atoms with Crippen LogP contribution in [0, 0.1) is 6.92 Å². The van der Waals surface area contributed by atoms with Crippen molar-refractivity contribution >= 4 is 21.6 Å². The fourth-order valence-electron chi connectivity index (χ4n) is 3.58. The molecular weight excluding hydrogens is 452 g/mol. The number of carbonyl (C=O) groups is 1. The lowest BCUT2D eigenvalue weighted by Gasteiger charge is -2.26. The van der Waals surface area contributed by atoms with E-state index in [0.29, 0.717) is 12.3 Å². The van der Waals surface area contributed by atoms with Crippen LogP contribution in [0.5, 0.6) is 11.5 Å². The molecule has 0 fully saturated rings. The number of hydrogen-bond donors (Lipinski definition) is 1. The molecule has 0 saturated heterocycles. The van der Waals surface area contributed by atoms with Crippen LogP contribution in [0.1, 0.15) is 17.5 Å². The van der Waals surface area contributed by atoms with Crippen LogP contribution in [-0.4, -0.2) is 41.6 Å². The lowest BCUT2D eigenvalue weighted by molar-refractivity contribution is -0.119. The van der Waals surface area contributed by atoms with Crippen LogP contribution >= 0.6 is 0 Å². The van der Waals surface area contributed by atoms with Crippen molar-refractivity contribution < 1.29 is 22.7 Å². The zero-order valence-electron chi connectivity index (χ0n) is 19.7. The van der Waals surface area contributed by atoms with Crippen molar-refractivity contribution in [1.82, 2.24) is 5.32 Å². The van der Waals surface area contributed by atoms with Crippen molar-refractivity contribution in [3.05, 3.63) is 83.9 Å². The Bertz CT molecular complexity index is 1210. The first kappa shape index (κ1) is 25.1. The summed E-state index contributed by atoms with van der Waals surface area (Å²) in [5.41, 5.74) is 2.64. The van der Waals surface area contributed by atoms with Gasteiger partial charge in [0.1, 0.15) is 18.0 Å². The van der Waals surface area contributed by atoms with Gasteiger partial charge >= 0.3 is 0 Å². The summed E-state index contributed by atoms with van der Waals surface area (Å²) >= 11 is 0. The van der Waals surface area contributed by atoms with E-state index in [4.69, 9.17) is 9.47 Å². The summed E-state index contributed by atoms with van der Waals surface area (Å²) in [6.07, 6.45) is 1.56. The molecule has 3 aromatic rings. The van der Waals surface area contributed by atoms with Gasteiger partial charge in [-0.1, -0.05) is 48.0 Å². The Morgan fingerprint density at radius 1 is 0.941 bits per heavy atom. The second kappa shape index (κ2) is 11.6. The summed E-state index contributed by atoms with van der Waals surface area (Å²) in [5, 5.41) is 2.84. The largest absolute Gasteiger partial charge is 0.497 e. The van der Waals surface area contributed by atoms with Crippen molar-refractivity contribution in [2.75, 3.05) is 31.6 Å². The molecule has 0 aliphatic carbocycles. The van der Waals surface area contributed by atoms with E-state index in [2.05, 4.69) is 17.4 Å². The zero-order chi connectivity index (χ0) is 24.6. The molecular formula is C26H30N2O5S. The molecule has 7 nitrogen and oxygen atoms in total. The van der Waals surface area contributed by atoms with Crippen LogP contribution in [-0.2, 0) is 21.2 Å². The highest BCUT2D eigenvalue weighted by Crippen LogP contribution is 2.35. The summed E-state index contributed by atoms with van der Waals surface area (Å²) in [5.74, 6) is 0.394. The van der Waals surface area contributed by atoms with E-state index >= 15 is 0 Å². The standard InChI is InChI=1S/C26H30N2O5S/c1-20-9-7-10-21(17-20)11-8-16-27-26(29)19-28(34(30,31)23-12-5-4-6-13-23)24-15-14-22(32-2)18-25(24)33-3/h4-7,9-10,12-15,17-18H,8,11,16,19H2,1-3H3,(H,27,29). The van der Waals surface area contributed by atoms with E-state index < -0.39 is 15.9 Å². The maximum atomic E-state index is 13.5. The quantitative estimate of drug-likeness (QED) is 0.418. The number of nitrogens with one attached hydrogen (secondary N) is 1. The number of rotatable bonds is 11. The van der Waals surface area contributed by atoms with E-state index in [1.54, 1.807) is 36.4 Å². The normalized spacial score (nSPS) is 11.0. The Labute approximate surface area is 201 Å². The average molecular weight is 483 g/mol. The third kappa shape index (κ3) is 6.29. The van der Waals surface area contributed by atoms with E-state index in [-0.39, 0.29) is 22.9 Å². The molecule has 0 aromatic heterocycles. The van der Waals surface area contributed by atoms with Crippen LogP contribution in [0.2, 0.25) is 0 Å². The lowest BCUT2D eigenvalue weighted by Crippen LogP contribution is -2.41. The lowest BCUT2D eigenvalue weighted by atomic mass is 10.1. The summed E-state index contributed by atoms with van der Waals surface area (Å²) in [6, 6.07) is 21.0. The van der Waals surface area contributed by atoms with Gasteiger partial charge in [0.25, 0.3) is 10.0 Å². The molecule has 34 heavy (non-hydrogen) atoms. The monoisotopic (exact) mass is 482 g/mol. The van der Waals surface area contributed by atoms with Gasteiger partial charge in [0.2, 0.25) is 5.91 Å². The Morgan fingerprint density at radius 3 is 2.38 bits per heavy atom. The predicted molar refractivity (Wildman–Crippen MR) is 133 cm³/mol. The van der Waals surface area contributed by atoms with Gasteiger partial charge in [-0.25, -0.2) is 8.42 Å². The summed E-state index contributed by atoms with van der Waals surface area (Å²) in [4.78, 5) is 12.9. The fraction of sp³-hybridized carbons (Fsp3) is 0.269. The SMILES string of the molecule is COc1ccc(N(CC(=O)NCCCc2cccc(C)c2)S(=O)(=O)c2ccccc2)c(OC)c1. The second-order valence-corrected chi connectivity index (χ2v) is 9.67. The van der Waals surface area contributed by atoms with Crippen molar-refractivity contribution in [2.24, 2.45) is 0 Å². The van der Waals surface area contributed by atoms with Crippen molar-refractivity contribution in [1.29, 1.82) is 0 Å². The molecule has 1 N–H and O–H groups in total. The third-order valence-corrected chi connectivity index (χ3v) is 7.09. The molecule has 0 spiro atoms. The van der Waals surface area contributed by atoms with Crippen LogP contribution < -0.4 is 19.1 Å². The minimum Gasteiger partial charge on any atom is -0.497 e. The first-order valence-electron chi connectivity index (χ1n) is 11.0. The van der Waals surface area contributed by atoms with E-state index in [0.717, 1.165) is 17.1 Å². The second-order valence-electron chi connectivity index (χ2n) is 7.81. The van der Waals surface area contributed by atoms with Crippen molar-refractivity contribution in [2.45, 2.75) is 24.7 Å². The molecule has 0 atom stereocenters. The number of benzene rings is 3. The molecule has 0 heterocycles. The molecule has 180 valence electrons. The third-order valence-electron chi connectivity index (χ3n) is 5.32. The van der Waals surface area contributed by atoms with Crippen LogP contribution in [0.3, 0.4) is 0 Å². The van der Waals surface area contributed by atoms with Crippen molar-refractivity contribution in [3.63, 3.8) is 0 Å². The number of hydrogen-bond acceptors (Lipinski definition) is 5. The maximum Gasteiger partial charge on any atom is 0.264 e. The average Bonchev–Trinajstić information content (AvgIpc) is 2.85. The number of carbonyl (C=O) groups excluding carboxylic acids is 1. The summed E-state index contributed by atoms with van der Waals surface area (Å²) < 4.78 is 38.7. The Kier molecular flexibility index (Phi) is 8.54. The molecule has 0 bridgehead atoms. The molecule has 0 radical (unpaired) electrons. The summed E-state index contributed by atoms with van der Waals surface area (Å²) in [7, 11) is -1.08. The van der Waals surface area contributed by atoms with Crippen LogP contribution in [0.15, 0.2) is 77.7 Å². The molecule has 0 unspecified atom stereocenters. The summed E-state index contributed by atoms with van der Waals surface area (Å²) in [6.45, 7) is 2.09. The number of methoxy groups -OCH3 is 2. The highest BCUT2D eigenvalue weighted by Gasteiger charge is 2.29. The van der Waals surface area contributed by atoms with Crippen LogP contribution in [0.25, 0.3) is 0 Å². The number of anilines is 1. The molecule has 1 amide bonds. The minimum absolute atomic E-state index is 0.0834. The number of sulfonamides is 1. The van der Waals surface area contributed by atoms with Gasteiger partial charge in [-0.05, 0) is 49.6 Å². The Hall–Kier alpha value is -3.52. The van der Waals surface area contributed by atoms with Crippen molar-refractivity contribution in [3.8, 4) is 11.5 Å².